The lowest BCUT2D eigenvalue weighted by atomic mass is 9.99. The van der Waals surface area contributed by atoms with E-state index in [1.165, 1.54) is 6.07 Å². The normalized spacial score (nSPS) is 22.5. The molecule has 7 heteroatoms. The van der Waals surface area contributed by atoms with Gasteiger partial charge in [0, 0.05) is 19.1 Å². The first-order chi connectivity index (χ1) is 9.11. The van der Waals surface area contributed by atoms with Gasteiger partial charge >= 0.3 is 0 Å². The first-order valence-corrected chi connectivity index (χ1v) is 6.96. The van der Waals surface area contributed by atoms with E-state index in [2.05, 4.69) is 22.4 Å². The molecule has 1 aromatic rings. The van der Waals surface area contributed by atoms with Crippen molar-refractivity contribution in [1.29, 1.82) is 0 Å². The van der Waals surface area contributed by atoms with Gasteiger partial charge in [-0.2, -0.15) is 0 Å². The Labute approximate surface area is 121 Å². The number of halogens is 2. The maximum absolute atomic E-state index is 12.0. The molecule has 1 aliphatic rings. The number of aromatic nitrogens is 2. The van der Waals surface area contributed by atoms with E-state index in [4.69, 9.17) is 27.9 Å². The van der Waals surface area contributed by atoms with Crippen LogP contribution in [-0.2, 0) is 4.74 Å². The topological polar surface area (TPSA) is 64.1 Å². The molecular formula is C12H15Cl2N3O2. The summed E-state index contributed by atoms with van der Waals surface area (Å²) in [4.78, 5) is 12.0. The fourth-order valence-corrected chi connectivity index (χ4v) is 2.53. The van der Waals surface area contributed by atoms with E-state index in [0.29, 0.717) is 12.5 Å². The van der Waals surface area contributed by atoms with Crippen molar-refractivity contribution < 1.29 is 9.53 Å². The molecule has 5 nitrogen and oxygen atoms in total. The average molecular weight is 304 g/mol. The highest BCUT2D eigenvalue weighted by atomic mass is 35.5. The van der Waals surface area contributed by atoms with Crippen LogP contribution in [0, 0.1) is 5.92 Å². The molecule has 0 aliphatic carbocycles. The van der Waals surface area contributed by atoms with Crippen LogP contribution < -0.4 is 5.32 Å². The molecule has 0 spiro atoms. The second kappa shape index (κ2) is 6.50. The SMILES string of the molecule is CCC1OCCC1CNC(=O)c1cc(Cl)nnc1Cl. The van der Waals surface area contributed by atoms with Gasteiger partial charge in [0.2, 0.25) is 0 Å². The summed E-state index contributed by atoms with van der Waals surface area (Å²) in [5.41, 5.74) is 0.244. The lowest BCUT2D eigenvalue weighted by molar-refractivity contribution is 0.0826. The molecule has 104 valence electrons. The second-order valence-corrected chi connectivity index (χ2v) is 5.19. The molecular weight excluding hydrogens is 289 g/mol. The lowest BCUT2D eigenvalue weighted by Gasteiger charge is -2.17. The van der Waals surface area contributed by atoms with Crippen LogP contribution in [0.5, 0.6) is 0 Å². The third-order valence-corrected chi connectivity index (χ3v) is 3.70. The standard InChI is InChI=1S/C12H15Cl2N3O2/c1-2-9-7(3-4-19-9)6-15-12(18)8-5-10(13)16-17-11(8)14/h5,7,9H,2-4,6H2,1H3,(H,15,18). The molecule has 0 bridgehead atoms. The Morgan fingerprint density at radius 2 is 2.32 bits per heavy atom. The molecule has 19 heavy (non-hydrogen) atoms. The zero-order valence-corrected chi connectivity index (χ0v) is 12.0. The molecule has 2 rings (SSSR count). The number of rotatable bonds is 4. The van der Waals surface area contributed by atoms with Gasteiger partial charge in [0.15, 0.2) is 10.3 Å². The van der Waals surface area contributed by atoms with E-state index in [1.54, 1.807) is 0 Å². The molecule has 0 saturated carbocycles. The van der Waals surface area contributed by atoms with Crippen molar-refractivity contribution in [3.8, 4) is 0 Å². The van der Waals surface area contributed by atoms with Gasteiger partial charge < -0.3 is 10.1 Å². The molecule has 2 atom stereocenters. The van der Waals surface area contributed by atoms with E-state index in [-0.39, 0.29) is 27.9 Å². The predicted molar refractivity (Wildman–Crippen MR) is 72.5 cm³/mol. The third kappa shape index (κ3) is 3.55. The van der Waals surface area contributed by atoms with Crippen LogP contribution >= 0.6 is 23.2 Å². The van der Waals surface area contributed by atoms with Crippen LogP contribution in [-0.4, -0.2) is 35.4 Å². The zero-order chi connectivity index (χ0) is 13.8. The Hall–Kier alpha value is -0.910. The van der Waals surface area contributed by atoms with E-state index in [9.17, 15) is 4.79 Å². The highest BCUT2D eigenvalue weighted by Gasteiger charge is 2.27. The van der Waals surface area contributed by atoms with Crippen molar-refractivity contribution >= 4 is 29.1 Å². The molecule has 0 radical (unpaired) electrons. The first kappa shape index (κ1) is 14.5. The van der Waals surface area contributed by atoms with Gasteiger partial charge in [-0.3, -0.25) is 4.79 Å². The fourth-order valence-electron chi connectivity index (χ4n) is 2.21. The molecule has 0 aromatic carbocycles. The van der Waals surface area contributed by atoms with E-state index < -0.39 is 0 Å². The third-order valence-electron chi connectivity index (χ3n) is 3.24. The van der Waals surface area contributed by atoms with Crippen LogP contribution in [0.3, 0.4) is 0 Å². The molecule has 1 fully saturated rings. The molecule has 1 N–H and O–H groups in total. The average Bonchev–Trinajstić information content (AvgIpc) is 2.86. The number of nitrogens with zero attached hydrogens (tertiary/aromatic N) is 2. The largest absolute Gasteiger partial charge is 0.378 e. The van der Waals surface area contributed by atoms with Crippen LogP contribution in [0.4, 0.5) is 0 Å². The monoisotopic (exact) mass is 303 g/mol. The van der Waals surface area contributed by atoms with E-state index in [0.717, 1.165) is 19.4 Å². The molecule has 1 aromatic heterocycles. The number of ether oxygens (including phenoxy) is 1. The molecule has 2 heterocycles. The first-order valence-electron chi connectivity index (χ1n) is 6.20. The van der Waals surface area contributed by atoms with Crippen molar-refractivity contribution in [2.75, 3.05) is 13.2 Å². The highest BCUT2D eigenvalue weighted by Crippen LogP contribution is 2.23. The maximum atomic E-state index is 12.0. The van der Waals surface area contributed by atoms with Gasteiger partial charge in [-0.25, -0.2) is 0 Å². The number of amides is 1. The van der Waals surface area contributed by atoms with Crippen LogP contribution in [0.1, 0.15) is 30.1 Å². The number of carbonyl (C=O) groups excluding carboxylic acids is 1. The minimum atomic E-state index is -0.288. The number of carbonyl (C=O) groups is 1. The van der Waals surface area contributed by atoms with Crippen molar-refractivity contribution in [2.45, 2.75) is 25.9 Å². The predicted octanol–water partition coefficient (Wildman–Crippen LogP) is 2.33. The van der Waals surface area contributed by atoms with Gasteiger partial charge in [-0.05, 0) is 18.9 Å². The minimum Gasteiger partial charge on any atom is -0.378 e. The van der Waals surface area contributed by atoms with E-state index in [1.807, 2.05) is 0 Å². The van der Waals surface area contributed by atoms with E-state index >= 15 is 0 Å². The van der Waals surface area contributed by atoms with Crippen molar-refractivity contribution in [1.82, 2.24) is 15.5 Å². The second-order valence-electron chi connectivity index (χ2n) is 4.45. The molecule has 1 amide bonds. The zero-order valence-electron chi connectivity index (χ0n) is 10.5. The van der Waals surface area contributed by atoms with Crippen molar-refractivity contribution in [3.05, 3.63) is 21.9 Å². The lowest BCUT2D eigenvalue weighted by Crippen LogP contribution is -2.33. The minimum absolute atomic E-state index is 0.0524. The van der Waals surface area contributed by atoms with Crippen LogP contribution in [0.2, 0.25) is 10.3 Å². The highest BCUT2D eigenvalue weighted by molar-refractivity contribution is 6.34. The summed E-state index contributed by atoms with van der Waals surface area (Å²) in [7, 11) is 0. The van der Waals surface area contributed by atoms with Crippen LogP contribution in [0.25, 0.3) is 0 Å². The molecule has 2 unspecified atom stereocenters. The maximum Gasteiger partial charge on any atom is 0.254 e. The fraction of sp³-hybridized carbons (Fsp3) is 0.583. The van der Waals surface area contributed by atoms with Crippen molar-refractivity contribution in [2.24, 2.45) is 5.92 Å². The summed E-state index contributed by atoms with van der Waals surface area (Å²) < 4.78 is 5.57. The van der Waals surface area contributed by atoms with Crippen molar-refractivity contribution in [3.63, 3.8) is 0 Å². The summed E-state index contributed by atoms with van der Waals surface area (Å²) >= 11 is 11.5. The Bertz CT molecular complexity index is 470. The number of hydrogen-bond acceptors (Lipinski definition) is 4. The van der Waals surface area contributed by atoms with Gasteiger partial charge in [0.25, 0.3) is 5.91 Å². The Balaban J connectivity index is 1.96. The Morgan fingerprint density at radius 1 is 1.53 bits per heavy atom. The Morgan fingerprint density at radius 3 is 3.05 bits per heavy atom. The van der Waals surface area contributed by atoms with Gasteiger partial charge in [-0.15, -0.1) is 10.2 Å². The molecule has 1 aliphatic heterocycles. The quantitative estimate of drug-likeness (QED) is 0.927. The van der Waals surface area contributed by atoms with Gasteiger partial charge in [-0.1, -0.05) is 30.1 Å². The summed E-state index contributed by atoms with van der Waals surface area (Å²) in [5.74, 6) is 0.0570. The molecule has 1 saturated heterocycles. The van der Waals surface area contributed by atoms with Crippen LogP contribution in [0.15, 0.2) is 6.07 Å². The van der Waals surface area contributed by atoms with Gasteiger partial charge in [0.1, 0.15) is 0 Å². The smallest absolute Gasteiger partial charge is 0.254 e. The summed E-state index contributed by atoms with van der Waals surface area (Å²) in [6.07, 6.45) is 2.13. The number of nitrogens with one attached hydrogen (secondary N) is 1. The summed E-state index contributed by atoms with van der Waals surface area (Å²) in [6.45, 7) is 3.39. The number of hydrogen-bond donors (Lipinski definition) is 1. The van der Waals surface area contributed by atoms with Gasteiger partial charge in [0.05, 0.1) is 11.7 Å². The summed E-state index contributed by atoms with van der Waals surface area (Å²) in [5, 5.41) is 10.2. The Kier molecular flexibility index (Phi) is 4.96. The summed E-state index contributed by atoms with van der Waals surface area (Å²) in [6, 6.07) is 1.41.